The first-order chi connectivity index (χ1) is 8.44. The first-order valence-electron chi connectivity index (χ1n) is 6.76. The number of carboxylic acids is 1. The third-order valence-electron chi connectivity index (χ3n) is 3.59. The second-order valence-electron chi connectivity index (χ2n) is 4.62. The van der Waals surface area contributed by atoms with E-state index in [0.29, 0.717) is 6.42 Å². The monoisotopic (exact) mass is 258 g/mol. The third-order valence-corrected chi connectivity index (χ3v) is 3.59. The summed E-state index contributed by atoms with van der Waals surface area (Å²) in [7, 11) is 0. The SMILES string of the molecule is CCC[C@H](NC(=O)NC(CC)(CC)CC)C(=O)O. The third kappa shape index (κ3) is 4.94. The van der Waals surface area contributed by atoms with Crippen LogP contribution in [0.1, 0.15) is 59.8 Å². The van der Waals surface area contributed by atoms with Crippen LogP contribution in [0, 0.1) is 0 Å². The highest BCUT2D eigenvalue weighted by Crippen LogP contribution is 2.18. The normalized spacial score (nSPS) is 12.9. The van der Waals surface area contributed by atoms with Crippen LogP contribution in [-0.4, -0.2) is 28.7 Å². The van der Waals surface area contributed by atoms with Gasteiger partial charge in [-0.2, -0.15) is 0 Å². The Kier molecular flexibility index (Phi) is 7.39. The molecule has 1 atom stereocenters. The molecule has 0 heterocycles. The number of amides is 2. The number of carbonyl (C=O) groups is 2. The van der Waals surface area contributed by atoms with E-state index in [4.69, 9.17) is 5.11 Å². The lowest BCUT2D eigenvalue weighted by atomic mass is 9.90. The molecule has 3 N–H and O–H groups in total. The van der Waals surface area contributed by atoms with Crippen molar-refractivity contribution in [3.63, 3.8) is 0 Å². The van der Waals surface area contributed by atoms with Gasteiger partial charge in [0.05, 0.1) is 0 Å². The lowest BCUT2D eigenvalue weighted by molar-refractivity contribution is -0.139. The Labute approximate surface area is 109 Å². The molecule has 5 heteroatoms. The van der Waals surface area contributed by atoms with E-state index in [9.17, 15) is 9.59 Å². The molecular weight excluding hydrogens is 232 g/mol. The molecule has 0 spiro atoms. The molecule has 18 heavy (non-hydrogen) atoms. The van der Waals surface area contributed by atoms with Gasteiger partial charge >= 0.3 is 12.0 Å². The molecular formula is C13H26N2O3. The van der Waals surface area contributed by atoms with Crippen molar-refractivity contribution in [3.05, 3.63) is 0 Å². The predicted octanol–water partition coefficient (Wildman–Crippen LogP) is 2.51. The van der Waals surface area contributed by atoms with Crippen molar-refractivity contribution in [1.29, 1.82) is 0 Å². The van der Waals surface area contributed by atoms with Crippen molar-refractivity contribution >= 4 is 12.0 Å². The van der Waals surface area contributed by atoms with E-state index in [2.05, 4.69) is 10.6 Å². The van der Waals surface area contributed by atoms with E-state index in [1.807, 2.05) is 27.7 Å². The first-order valence-corrected chi connectivity index (χ1v) is 6.76. The molecule has 0 rings (SSSR count). The van der Waals surface area contributed by atoms with Crippen molar-refractivity contribution in [2.24, 2.45) is 0 Å². The summed E-state index contributed by atoms with van der Waals surface area (Å²) in [6, 6.07) is -1.19. The largest absolute Gasteiger partial charge is 0.480 e. The van der Waals surface area contributed by atoms with Crippen LogP contribution in [0.3, 0.4) is 0 Å². The number of hydrogen-bond acceptors (Lipinski definition) is 2. The maximum atomic E-state index is 11.8. The van der Waals surface area contributed by atoms with Crippen molar-refractivity contribution in [2.75, 3.05) is 0 Å². The number of rotatable bonds is 8. The molecule has 0 bridgehead atoms. The lowest BCUT2D eigenvalue weighted by Crippen LogP contribution is -2.54. The first kappa shape index (κ1) is 16.7. The molecule has 2 amide bonds. The zero-order valence-electron chi connectivity index (χ0n) is 11.9. The summed E-state index contributed by atoms with van der Waals surface area (Å²) >= 11 is 0. The number of aliphatic carboxylic acids is 1. The summed E-state index contributed by atoms with van der Waals surface area (Å²) in [6.45, 7) is 7.96. The fraction of sp³-hybridized carbons (Fsp3) is 0.846. The summed E-state index contributed by atoms with van der Waals surface area (Å²) in [6.07, 6.45) is 3.66. The Hall–Kier alpha value is -1.26. The molecule has 0 aromatic heterocycles. The molecule has 0 aliphatic rings. The average molecular weight is 258 g/mol. The highest BCUT2D eigenvalue weighted by molar-refractivity contribution is 5.82. The zero-order chi connectivity index (χ0) is 14.2. The summed E-state index contributed by atoms with van der Waals surface area (Å²) in [5.74, 6) is -0.984. The topological polar surface area (TPSA) is 78.4 Å². The number of urea groups is 1. The predicted molar refractivity (Wildman–Crippen MR) is 71.6 cm³/mol. The van der Waals surface area contributed by atoms with Gasteiger partial charge in [-0.1, -0.05) is 34.1 Å². The van der Waals surface area contributed by atoms with Gasteiger partial charge in [-0.3, -0.25) is 0 Å². The zero-order valence-corrected chi connectivity index (χ0v) is 11.9. The van der Waals surface area contributed by atoms with E-state index in [1.54, 1.807) is 0 Å². The summed E-state index contributed by atoms with van der Waals surface area (Å²) < 4.78 is 0. The maximum absolute atomic E-state index is 11.8. The summed E-state index contributed by atoms with van der Waals surface area (Å²) in [4.78, 5) is 22.8. The molecule has 5 nitrogen and oxygen atoms in total. The van der Waals surface area contributed by atoms with Crippen LogP contribution >= 0.6 is 0 Å². The molecule has 106 valence electrons. The van der Waals surface area contributed by atoms with Crippen LogP contribution in [0.2, 0.25) is 0 Å². The van der Waals surface area contributed by atoms with E-state index in [1.165, 1.54) is 0 Å². The maximum Gasteiger partial charge on any atom is 0.326 e. The molecule has 0 saturated carbocycles. The van der Waals surface area contributed by atoms with Crippen LogP contribution in [-0.2, 0) is 4.79 Å². The number of carboxylic acid groups (broad SMARTS) is 1. The Bertz CT molecular complexity index is 267. The van der Waals surface area contributed by atoms with Gasteiger partial charge in [-0.15, -0.1) is 0 Å². The minimum Gasteiger partial charge on any atom is -0.480 e. The molecule has 0 radical (unpaired) electrons. The number of hydrogen-bond donors (Lipinski definition) is 3. The lowest BCUT2D eigenvalue weighted by Gasteiger charge is -2.32. The second-order valence-corrected chi connectivity index (χ2v) is 4.62. The van der Waals surface area contributed by atoms with Gasteiger partial charge < -0.3 is 15.7 Å². The summed E-state index contributed by atoms with van der Waals surface area (Å²) in [5.41, 5.74) is -0.237. The highest BCUT2D eigenvalue weighted by Gasteiger charge is 2.27. The number of nitrogens with one attached hydrogen (secondary N) is 2. The summed E-state index contributed by atoms with van der Waals surface area (Å²) in [5, 5.41) is 14.4. The van der Waals surface area contributed by atoms with Crippen LogP contribution in [0.4, 0.5) is 4.79 Å². The van der Waals surface area contributed by atoms with Gasteiger partial charge in [0.25, 0.3) is 0 Å². The van der Waals surface area contributed by atoms with E-state index < -0.39 is 12.0 Å². The Morgan fingerprint density at radius 2 is 1.61 bits per heavy atom. The minimum absolute atomic E-state index is 0.237. The van der Waals surface area contributed by atoms with Crippen molar-refractivity contribution in [3.8, 4) is 0 Å². The van der Waals surface area contributed by atoms with E-state index in [0.717, 1.165) is 25.7 Å². The second kappa shape index (κ2) is 7.95. The molecule has 0 fully saturated rings. The number of carbonyl (C=O) groups excluding carboxylic acids is 1. The fourth-order valence-corrected chi connectivity index (χ4v) is 2.00. The molecule has 0 aromatic carbocycles. The van der Waals surface area contributed by atoms with Gasteiger partial charge in [-0.25, -0.2) is 9.59 Å². The van der Waals surface area contributed by atoms with Crippen molar-refractivity contribution < 1.29 is 14.7 Å². The highest BCUT2D eigenvalue weighted by atomic mass is 16.4. The Morgan fingerprint density at radius 1 is 1.11 bits per heavy atom. The van der Waals surface area contributed by atoms with Crippen LogP contribution < -0.4 is 10.6 Å². The standard InChI is InChI=1S/C13H26N2O3/c1-5-9-10(11(16)17)14-12(18)15-13(6-2,7-3)8-4/h10H,5-9H2,1-4H3,(H,16,17)(H2,14,15,18)/t10-/m0/s1. The smallest absolute Gasteiger partial charge is 0.326 e. The van der Waals surface area contributed by atoms with Crippen molar-refractivity contribution in [1.82, 2.24) is 10.6 Å². The molecule has 0 unspecified atom stereocenters. The average Bonchev–Trinajstić information content (AvgIpc) is 2.35. The van der Waals surface area contributed by atoms with E-state index >= 15 is 0 Å². The quantitative estimate of drug-likeness (QED) is 0.626. The van der Waals surface area contributed by atoms with Gasteiger partial charge in [0.2, 0.25) is 0 Å². The van der Waals surface area contributed by atoms with Crippen LogP contribution in [0.5, 0.6) is 0 Å². The van der Waals surface area contributed by atoms with Crippen LogP contribution in [0.25, 0.3) is 0 Å². The van der Waals surface area contributed by atoms with Crippen LogP contribution in [0.15, 0.2) is 0 Å². The van der Waals surface area contributed by atoms with Gasteiger partial charge in [0.1, 0.15) is 6.04 Å². The molecule has 0 aliphatic heterocycles. The fourth-order valence-electron chi connectivity index (χ4n) is 2.00. The van der Waals surface area contributed by atoms with E-state index in [-0.39, 0.29) is 11.6 Å². The Balaban J connectivity index is 4.51. The minimum atomic E-state index is -0.984. The van der Waals surface area contributed by atoms with Gasteiger partial charge in [-0.05, 0) is 25.7 Å². The van der Waals surface area contributed by atoms with Gasteiger partial charge in [0, 0.05) is 5.54 Å². The molecule has 0 aromatic rings. The molecule has 0 aliphatic carbocycles. The molecule has 0 saturated heterocycles. The Morgan fingerprint density at radius 3 is 1.94 bits per heavy atom. The van der Waals surface area contributed by atoms with Crippen molar-refractivity contribution in [2.45, 2.75) is 71.4 Å². The van der Waals surface area contributed by atoms with Gasteiger partial charge in [0.15, 0.2) is 0 Å².